The molecular weight excluding hydrogens is 239 g/mol. The summed E-state index contributed by atoms with van der Waals surface area (Å²) >= 11 is 0. The van der Waals surface area contributed by atoms with Gasteiger partial charge in [-0.1, -0.05) is 30.3 Å². The van der Waals surface area contributed by atoms with Gasteiger partial charge in [0.05, 0.1) is 25.5 Å². The maximum atomic E-state index is 11.7. The molecule has 94 valence electrons. The van der Waals surface area contributed by atoms with E-state index in [1.807, 2.05) is 30.3 Å². The Kier molecular flexibility index (Phi) is 4.35. The van der Waals surface area contributed by atoms with Crippen molar-refractivity contribution < 1.29 is 18.3 Å². The van der Waals surface area contributed by atoms with Crippen molar-refractivity contribution in [2.45, 2.75) is 19.1 Å². The van der Waals surface area contributed by atoms with Crippen molar-refractivity contribution in [3.8, 4) is 0 Å². The third-order valence-electron chi connectivity index (χ3n) is 2.73. The zero-order valence-electron chi connectivity index (χ0n) is 9.87. The van der Waals surface area contributed by atoms with Gasteiger partial charge < -0.3 is 13.8 Å². The molecule has 17 heavy (non-hydrogen) atoms. The van der Waals surface area contributed by atoms with Crippen LogP contribution in [0.4, 0.5) is 0 Å². The molecule has 0 radical (unpaired) electrons. The first-order valence-corrected chi connectivity index (χ1v) is 7.39. The summed E-state index contributed by atoms with van der Waals surface area (Å²) in [6, 6.07) is 9.94. The van der Waals surface area contributed by atoms with Crippen LogP contribution in [0.1, 0.15) is 12.0 Å². The van der Waals surface area contributed by atoms with E-state index < -0.39 is 7.60 Å². The molecule has 5 heteroatoms. The predicted molar refractivity (Wildman–Crippen MR) is 65.1 cm³/mol. The predicted octanol–water partition coefficient (Wildman–Crippen LogP) is 2.83. The molecule has 2 rings (SSSR count). The van der Waals surface area contributed by atoms with Crippen molar-refractivity contribution >= 4 is 7.60 Å². The van der Waals surface area contributed by atoms with Crippen LogP contribution in [0, 0.1) is 0 Å². The van der Waals surface area contributed by atoms with E-state index in [9.17, 15) is 4.57 Å². The van der Waals surface area contributed by atoms with E-state index in [4.69, 9.17) is 13.8 Å². The highest BCUT2D eigenvalue weighted by molar-refractivity contribution is 7.54. The van der Waals surface area contributed by atoms with Crippen LogP contribution in [0.25, 0.3) is 0 Å². The highest BCUT2D eigenvalue weighted by Gasteiger charge is 2.35. The van der Waals surface area contributed by atoms with Gasteiger partial charge in [-0.25, -0.2) is 0 Å². The molecule has 0 aliphatic carbocycles. The van der Waals surface area contributed by atoms with Gasteiger partial charge in [0, 0.05) is 7.11 Å². The lowest BCUT2D eigenvalue weighted by molar-refractivity contribution is 0.0450. The van der Waals surface area contributed by atoms with Crippen molar-refractivity contribution in [3.63, 3.8) is 0 Å². The summed E-state index contributed by atoms with van der Waals surface area (Å²) in [5.41, 5.74) is 1.13. The quantitative estimate of drug-likeness (QED) is 0.760. The third kappa shape index (κ3) is 3.65. The first kappa shape index (κ1) is 12.8. The Hall–Kier alpha value is -0.670. The van der Waals surface area contributed by atoms with Crippen LogP contribution < -0.4 is 0 Å². The van der Waals surface area contributed by atoms with Gasteiger partial charge >= 0.3 is 7.60 Å². The van der Waals surface area contributed by atoms with Crippen LogP contribution in [-0.2, 0) is 25.0 Å². The van der Waals surface area contributed by atoms with Crippen LogP contribution in [0.3, 0.4) is 0 Å². The zero-order chi connectivity index (χ0) is 12.1. The maximum absolute atomic E-state index is 11.7. The minimum Gasteiger partial charge on any atom is -0.374 e. The molecule has 1 unspecified atom stereocenters. The Bertz CT molecular complexity index is 393. The summed E-state index contributed by atoms with van der Waals surface area (Å²) in [7, 11) is -1.37. The third-order valence-corrected chi connectivity index (χ3v) is 4.71. The average molecular weight is 256 g/mol. The Morgan fingerprint density at radius 2 is 2.18 bits per heavy atom. The van der Waals surface area contributed by atoms with E-state index in [-0.39, 0.29) is 6.10 Å². The minimum atomic E-state index is -2.80. The van der Waals surface area contributed by atoms with Crippen LogP contribution in [-0.4, -0.2) is 26.0 Å². The Labute approximate surface area is 101 Å². The molecule has 1 aromatic carbocycles. The van der Waals surface area contributed by atoms with E-state index in [1.54, 1.807) is 0 Å². The summed E-state index contributed by atoms with van der Waals surface area (Å²) in [5.74, 6) is 0. The first-order valence-electron chi connectivity index (χ1n) is 5.67. The van der Waals surface area contributed by atoms with Gasteiger partial charge in [-0.05, 0) is 12.0 Å². The van der Waals surface area contributed by atoms with Crippen molar-refractivity contribution in [1.82, 2.24) is 0 Å². The normalized spacial score (nSPS) is 28.4. The van der Waals surface area contributed by atoms with Gasteiger partial charge in [-0.15, -0.1) is 0 Å². The maximum Gasteiger partial charge on any atom is 0.330 e. The second kappa shape index (κ2) is 5.78. The van der Waals surface area contributed by atoms with Gasteiger partial charge in [0.25, 0.3) is 0 Å². The second-order valence-corrected chi connectivity index (χ2v) is 6.28. The number of benzene rings is 1. The molecule has 0 spiro atoms. The highest BCUT2D eigenvalue weighted by Crippen LogP contribution is 2.54. The molecule has 0 aromatic heterocycles. The number of hydrogen-bond donors (Lipinski definition) is 0. The van der Waals surface area contributed by atoms with Crippen LogP contribution >= 0.6 is 7.60 Å². The molecule has 1 fully saturated rings. The molecule has 1 aliphatic rings. The smallest absolute Gasteiger partial charge is 0.330 e. The molecule has 0 N–H and O–H groups in total. The number of hydrogen-bond acceptors (Lipinski definition) is 4. The lowest BCUT2D eigenvalue weighted by Crippen LogP contribution is -2.13. The lowest BCUT2D eigenvalue weighted by atomic mass is 10.2. The fraction of sp³-hybridized carbons (Fsp3) is 0.500. The largest absolute Gasteiger partial charge is 0.374 e. The molecule has 0 amide bonds. The van der Waals surface area contributed by atoms with Gasteiger partial charge in [0.2, 0.25) is 0 Å². The van der Waals surface area contributed by atoms with Crippen LogP contribution in [0.2, 0.25) is 0 Å². The van der Waals surface area contributed by atoms with Crippen molar-refractivity contribution in [2.75, 3.05) is 19.9 Å². The van der Waals surface area contributed by atoms with Gasteiger partial charge in [0.1, 0.15) is 0 Å². The van der Waals surface area contributed by atoms with Crippen LogP contribution in [0.15, 0.2) is 30.3 Å². The fourth-order valence-corrected chi connectivity index (χ4v) is 3.36. The van der Waals surface area contributed by atoms with Gasteiger partial charge in [-0.3, -0.25) is 4.57 Å². The summed E-state index contributed by atoms with van der Waals surface area (Å²) < 4.78 is 27.5. The summed E-state index contributed by atoms with van der Waals surface area (Å²) in [4.78, 5) is 0. The minimum absolute atomic E-state index is 0.107. The lowest BCUT2D eigenvalue weighted by Gasteiger charge is -2.12. The van der Waals surface area contributed by atoms with E-state index >= 15 is 0 Å². The summed E-state index contributed by atoms with van der Waals surface area (Å²) in [6.07, 6.45) is 1.12. The van der Waals surface area contributed by atoms with Crippen molar-refractivity contribution in [2.24, 2.45) is 0 Å². The Balaban J connectivity index is 1.72. The molecule has 0 bridgehead atoms. The average Bonchev–Trinajstić information content (AvgIpc) is 2.74. The molecular formula is C12H17O4P. The Morgan fingerprint density at radius 1 is 1.41 bits per heavy atom. The molecule has 1 heterocycles. The van der Waals surface area contributed by atoms with Gasteiger partial charge in [-0.2, -0.15) is 0 Å². The van der Waals surface area contributed by atoms with Crippen LogP contribution in [0.5, 0.6) is 0 Å². The Morgan fingerprint density at radius 3 is 2.82 bits per heavy atom. The van der Waals surface area contributed by atoms with E-state index in [0.717, 1.165) is 12.0 Å². The summed E-state index contributed by atoms with van der Waals surface area (Å²) in [5, 5.41) is 0. The number of rotatable bonds is 5. The molecule has 1 aromatic rings. The zero-order valence-corrected chi connectivity index (χ0v) is 10.8. The highest BCUT2D eigenvalue weighted by atomic mass is 31.2. The van der Waals surface area contributed by atoms with E-state index in [2.05, 4.69) is 0 Å². The van der Waals surface area contributed by atoms with E-state index in [0.29, 0.717) is 19.4 Å². The van der Waals surface area contributed by atoms with Crippen molar-refractivity contribution in [1.29, 1.82) is 0 Å². The van der Waals surface area contributed by atoms with Crippen molar-refractivity contribution in [3.05, 3.63) is 35.9 Å². The monoisotopic (exact) mass is 256 g/mol. The molecule has 0 saturated carbocycles. The second-order valence-electron chi connectivity index (χ2n) is 4.03. The standard InChI is InChI=1S/C12H17O4P/c1-14-17(13)8-7-12(16-17)10-15-9-11-5-3-2-4-6-11/h2-6,12H,7-10H2,1H3/t12-,17?/m0/s1. The molecule has 4 nitrogen and oxygen atoms in total. The fourth-order valence-electron chi connectivity index (χ4n) is 1.77. The number of ether oxygens (including phenoxy) is 1. The first-order chi connectivity index (χ1) is 8.22. The molecule has 1 saturated heterocycles. The summed E-state index contributed by atoms with van der Waals surface area (Å²) in [6.45, 7) is 1.01. The van der Waals surface area contributed by atoms with E-state index in [1.165, 1.54) is 7.11 Å². The topological polar surface area (TPSA) is 44.8 Å². The molecule has 2 atom stereocenters. The SMILES string of the molecule is COP1(=O)CC[C@@H](COCc2ccccc2)O1. The molecule has 1 aliphatic heterocycles. The van der Waals surface area contributed by atoms with Gasteiger partial charge in [0.15, 0.2) is 0 Å².